The number of nitrogens with zero attached hydrogens (tertiary/aromatic N) is 6. The molecule has 7 rings (SSSR count). The van der Waals surface area contributed by atoms with Gasteiger partial charge in [0.2, 0.25) is 0 Å². The molecule has 2 saturated heterocycles. The molecule has 5 unspecified atom stereocenters. The average molecular weight is 589 g/mol. The number of aryl methyl sites for hydroxylation is 2. The highest BCUT2D eigenvalue weighted by molar-refractivity contribution is 5.58. The first kappa shape index (κ1) is 27.4. The van der Waals surface area contributed by atoms with Gasteiger partial charge in [-0.3, -0.25) is 0 Å². The summed E-state index contributed by atoms with van der Waals surface area (Å²) in [5.74, 6) is -2.95. The second-order valence-electron chi connectivity index (χ2n) is 10.7. The van der Waals surface area contributed by atoms with Gasteiger partial charge in [0, 0.05) is 17.5 Å². The molecule has 9 nitrogen and oxygen atoms in total. The van der Waals surface area contributed by atoms with Crippen LogP contribution in [0.3, 0.4) is 0 Å². The van der Waals surface area contributed by atoms with Crippen LogP contribution in [0.2, 0.25) is 0 Å². The largest absolute Gasteiger partial charge is 0.362 e. The van der Waals surface area contributed by atoms with Gasteiger partial charge < -0.3 is 14.2 Å². The molecule has 2 fully saturated rings. The van der Waals surface area contributed by atoms with E-state index in [0.29, 0.717) is 18.1 Å². The Morgan fingerprint density at radius 3 is 2.47 bits per heavy atom. The molecule has 220 valence electrons. The van der Waals surface area contributed by atoms with E-state index in [1.165, 1.54) is 0 Å². The van der Waals surface area contributed by atoms with Gasteiger partial charge in [0.1, 0.15) is 29.8 Å². The number of ether oxygens (including phenoxy) is 3. The lowest BCUT2D eigenvalue weighted by Crippen LogP contribution is -2.51. The lowest BCUT2D eigenvalue weighted by Gasteiger charge is -2.45. The van der Waals surface area contributed by atoms with E-state index in [4.69, 9.17) is 19.2 Å². The molecule has 43 heavy (non-hydrogen) atoms. The van der Waals surface area contributed by atoms with Crippen LogP contribution >= 0.6 is 0 Å². The van der Waals surface area contributed by atoms with E-state index in [9.17, 15) is 13.2 Å². The molecule has 0 bridgehead atoms. The maximum Gasteiger partial charge on any atom is 0.194 e. The minimum atomic E-state index is -1.54. The van der Waals surface area contributed by atoms with Crippen LogP contribution in [0.25, 0.3) is 16.9 Å². The van der Waals surface area contributed by atoms with Gasteiger partial charge >= 0.3 is 0 Å². The molecule has 5 atom stereocenters. The predicted octanol–water partition coefficient (Wildman–Crippen LogP) is 5.75. The Morgan fingerprint density at radius 1 is 0.907 bits per heavy atom. The third kappa shape index (κ3) is 5.22. The quantitative estimate of drug-likeness (QED) is 0.242. The fourth-order valence-electron chi connectivity index (χ4n) is 5.70. The van der Waals surface area contributed by atoms with Crippen LogP contribution in [0.1, 0.15) is 47.6 Å². The van der Waals surface area contributed by atoms with Crippen LogP contribution < -0.4 is 0 Å². The van der Waals surface area contributed by atoms with Crippen LogP contribution in [0, 0.1) is 31.3 Å². The van der Waals surface area contributed by atoms with Crippen molar-refractivity contribution < 1.29 is 27.4 Å². The molecule has 3 aromatic carbocycles. The van der Waals surface area contributed by atoms with E-state index in [0.717, 1.165) is 28.9 Å². The summed E-state index contributed by atoms with van der Waals surface area (Å²) in [5, 5.41) is 13.1. The van der Waals surface area contributed by atoms with Gasteiger partial charge in [-0.15, -0.1) is 5.10 Å². The molecule has 0 N–H and O–H groups in total. The van der Waals surface area contributed by atoms with Crippen molar-refractivity contribution >= 4 is 0 Å². The number of halogens is 3. The Labute approximate surface area is 244 Å². The maximum absolute atomic E-state index is 14.0. The van der Waals surface area contributed by atoms with Crippen molar-refractivity contribution in [2.24, 2.45) is 0 Å². The van der Waals surface area contributed by atoms with Crippen molar-refractivity contribution in [3.05, 3.63) is 113 Å². The van der Waals surface area contributed by atoms with Crippen LogP contribution in [0.5, 0.6) is 0 Å². The van der Waals surface area contributed by atoms with Crippen molar-refractivity contribution in [3.63, 3.8) is 0 Å². The van der Waals surface area contributed by atoms with E-state index < -0.39 is 48.1 Å². The Hall–Kier alpha value is -4.39. The van der Waals surface area contributed by atoms with E-state index in [1.54, 1.807) is 15.6 Å². The summed E-state index contributed by atoms with van der Waals surface area (Å²) >= 11 is 0. The normalized spacial score (nSPS) is 23.7. The predicted molar refractivity (Wildman–Crippen MR) is 147 cm³/mol. The van der Waals surface area contributed by atoms with Crippen molar-refractivity contribution in [3.8, 4) is 16.9 Å². The number of hydrogen-bond acceptors (Lipinski definition) is 7. The molecule has 0 saturated carbocycles. The Bertz CT molecular complexity index is 1750. The molecular formula is C31H27F3N6O3. The molecule has 2 aliphatic heterocycles. The second kappa shape index (κ2) is 11.0. The van der Waals surface area contributed by atoms with E-state index in [-0.39, 0.29) is 17.9 Å². The van der Waals surface area contributed by atoms with Gasteiger partial charge in [-0.1, -0.05) is 47.7 Å². The molecule has 0 spiro atoms. The van der Waals surface area contributed by atoms with E-state index in [2.05, 4.69) is 15.4 Å². The zero-order valence-electron chi connectivity index (χ0n) is 23.3. The molecule has 0 aliphatic carbocycles. The maximum atomic E-state index is 14.0. The Morgan fingerprint density at radius 2 is 1.70 bits per heavy atom. The monoisotopic (exact) mass is 588 g/mol. The summed E-state index contributed by atoms with van der Waals surface area (Å²) in [7, 11) is 0. The first-order valence-electron chi connectivity index (χ1n) is 13.9. The zero-order chi connectivity index (χ0) is 29.7. The molecular weight excluding hydrogens is 561 g/mol. The summed E-state index contributed by atoms with van der Waals surface area (Å²) in [6.45, 7) is 4.07. The number of aromatic nitrogens is 6. The highest BCUT2D eigenvalue weighted by atomic mass is 19.2. The van der Waals surface area contributed by atoms with Gasteiger partial charge in [-0.25, -0.2) is 27.5 Å². The Kier molecular flexibility index (Phi) is 7.04. The first-order valence-corrected chi connectivity index (χ1v) is 13.9. The van der Waals surface area contributed by atoms with Crippen molar-refractivity contribution in [2.45, 2.75) is 50.9 Å². The van der Waals surface area contributed by atoms with E-state index in [1.807, 2.05) is 68.4 Å². The molecule has 12 heteroatoms. The van der Waals surface area contributed by atoms with Gasteiger partial charge in [-0.05, 0) is 43.7 Å². The van der Waals surface area contributed by atoms with Gasteiger partial charge in [-0.2, -0.15) is 5.10 Å². The summed E-state index contributed by atoms with van der Waals surface area (Å²) < 4.78 is 64.2. The van der Waals surface area contributed by atoms with Gasteiger partial charge in [0.15, 0.2) is 29.6 Å². The summed E-state index contributed by atoms with van der Waals surface area (Å²) in [5.41, 5.74) is 3.02. The minimum absolute atomic E-state index is 0.0627. The van der Waals surface area contributed by atoms with Crippen molar-refractivity contribution in [1.82, 2.24) is 29.8 Å². The molecule has 2 aliphatic rings. The lowest BCUT2D eigenvalue weighted by molar-refractivity contribution is -0.302. The lowest BCUT2D eigenvalue weighted by atomic mass is 9.93. The smallest absolute Gasteiger partial charge is 0.194 e. The standard InChI is InChI=1S/C31H27F3N6O3/c1-17-7-6-10-21(11-17)40-30(35-18(2)37-40)26-14-25(29-27(42-26)16-41-31(43-29)19-8-4-3-5-9-19)39-15-24(36-38-39)20-12-22(32)28(34)23(33)13-20/h3-13,15,25-27,29,31H,14,16H2,1-2H3. The SMILES string of the molecule is Cc1cccc(-n2nc(C)nc2C2CC(n3cc(-c4cc(F)c(F)c(F)c4)nn3)C3OC(c4ccccc4)OCC3O2)c1. The molecule has 0 amide bonds. The summed E-state index contributed by atoms with van der Waals surface area (Å²) in [6, 6.07) is 18.9. The minimum Gasteiger partial charge on any atom is -0.362 e. The number of rotatable bonds is 5. The molecule has 4 heterocycles. The number of hydrogen-bond donors (Lipinski definition) is 0. The topological polar surface area (TPSA) is 89.1 Å². The van der Waals surface area contributed by atoms with Crippen LogP contribution in [0.4, 0.5) is 13.2 Å². The third-order valence-corrected chi connectivity index (χ3v) is 7.71. The molecule has 0 radical (unpaired) electrons. The Balaban J connectivity index is 1.26. The number of benzene rings is 3. The van der Waals surface area contributed by atoms with E-state index >= 15 is 0 Å². The summed E-state index contributed by atoms with van der Waals surface area (Å²) in [4.78, 5) is 4.73. The summed E-state index contributed by atoms with van der Waals surface area (Å²) in [6.07, 6.45) is -0.221. The van der Waals surface area contributed by atoms with Gasteiger partial charge in [0.25, 0.3) is 0 Å². The fraction of sp³-hybridized carbons (Fsp3) is 0.290. The van der Waals surface area contributed by atoms with Crippen LogP contribution in [-0.4, -0.2) is 48.6 Å². The van der Waals surface area contributed by atoms with Crippen molar-refractivity contribution in [1.29, 1.82) is 0 Å². The van der Waals surface area contributed by atoms with Crippen molar-refractivity contribution in [2.75, 3.05) is 6.61 Å². The van der Waals surface area contributed by atoms with Gasteiger partial charge in [0.05, 0.1) is 24.5 Å². The van der Waals surface area contributed by atoms with Crippen LogP contribution in [0.15, 0.2) is 72.9 Å². The fourth-order valence-corrected chi connectivity index (χ4v) is 5.70. The highest BCUT2D eigenvalue weighted by Crippen LogP contribution is 2.43. The molecule has 5 aromatic rings. The molecule has 2 aromatic heterocycles. The highest BCUT2D eigenvalue weighted by Gasteiger charge is 2.47. The second-order valence-corrected chi connectivity index (χ2v) is 10.7. The van der Waals surface area contributed by atoms with Crippen LogP contribution in [-0.2, 0) is 14.2 Å². The zero-order valence-corrected chi connectivity index (χ0v) is 23.3. The first-order chi connectivity index (χ1) is 20.8. The third-order valence-electron chi connectivity index (χ3n) is 7.71. The number of fused-ring (bicyclic) bond motifs is 1. The average Bonchev–Trinajstić information content (AvgIpc) is 3.67.